The summed E-state index contributed by atoms with van der Waals surface area (Å²) in [7, 11) is -4.53. The Kier molecular flexibility index (Phi) is 5.69. The average Bonchev–Trinajstić information content (AvgIpc) is 2.10. The summed E-state index contributed by atoms with van der Waals surface area (Å²) in [5, 5.41) is 0. The molecule has 0 aliphatic rings. The van der Waals surface area contributed by atoms with Gasteiger partial charge in [0, 0.05) is 5.57 Å². The predicted molar refractivity (Wildman–Crippen MR) is 53.3 cm³/mol. The zero-order valence-corrected chi connectivity index (χ0v) is 9.77. The molecule has 0 saturated carbocycles. The fourth-order valence-electron chi connectivity index (χ4n) is 0.692. The van der Waals surface area contributed by atoms with Crippen LogP contribution in [0.15, 0.2) is 12.2 Å². The second kappa shape index (κ2) is 5.98. The van der Waals surface area contributed by atoms with Crippen LogP contribution in [0.2, 0.25) is 0 Å². The minimum Gasteiger partial charge on any atom is -0.457 e. The molecule has 0 radical (unpaired) electrons. The van der Waals surface area contributed by atoms with E-state index < -0.39 is 21.1 Å². The molecule has 0 aliphatic carbocycles. The Morgan fingerprint density at radius 1 is 1.47 bits per heavy atom. The number of carbonyl (C=O) groups excluding carboxylic acids is 1. The van der Waals surface area contributed by atoms with Gasteiger partial charge in [-0.05, 0) is 13.3 Å². The van der Waals surface area contributed by atoms with Crippen LogP contribution in [-0.2, 0) is 14.0 Å². The molecule has 0 aromatic carbocycles. The van der Waals surface area contributed by atoms with Gasteiger partial charge in [0.2, 0.25) is 0 Å². The molecule has 0 aromatic rings. The molecule has 0 aliphatic heterocycles. The lowest BCUT2D eigenvalue weighted by Gasteiger charge is -2.18. The molecule has 1 atom stereocenters. The standard InChI is InChI=1S/C8H16O6Si/c1-4-7(5-13-15(10,11)12)14-8(9)6(2)3/h7,10-12H,2,4-5H2,1,3H3. The molecule has 1 unspecified atom stereocenters. The van der Waals surface area contributed by atoms with Crippen molar-refractivity contribution < 1.29 is 28.3 Å². The highest BCUT2D eigenvalue weighted by Crippen LogP contribution is 2.04. The molecule has 0 heterocycles. The van der Waals surface area contributed by atoms with E-state index in [2.05, 4.69) is 11.0 Å². The van der Waals surface area contributed by atoms with Crippen molar-refractivity contribution in [2.24, 2.45) is 0 Å². The third kappa shape index (κ3) is 7.23. The zero-order chi connectivity index (χ0) is 12.1. The first-order chi connectivity index (χ1) is 6.76. The number of hydrogen-bond acceptors (Lipinski definition) is 6. The Morgan fingerprint density at radius 2 is 2.00 bits per heavy atom. The molecule has 0 rings (SSSR count). The maximum Gasteiger partial charge on any atom is 0.671 e. The maximum atomic E-state index is 11.1. The van der Waals surface area contributed by atoms with Crippen LogP contribution in [0.25, 0.3) is 0 Å². The minimum absolute atomic E-state index is 0.244. The lowest BCUT2D eigenvalue weighted by atomic mass is 10.3. The molecule has 7 heteroatoms. The highest BCUT2D eigenvalue weighted by molar-refractivity contribution is 6.48. The van der Waals surface area contributed by atoms with Crippen molar-refractivity contribution in [3.63, 3.8) is 0 Å². The predicted octanol–water partition coefficient (Wildman–Crippen LogP) is -0.687. The summed E-state index contributed by atoms with van der Waals surface area (Å²) < 4.78 is 9.24. The van der Waals surface area contributed by atoms with Crippen LogP contribution >= 0.6 is 0 Å². The largest absolute Gasteiger partial charge is 0.671 e. The summed E-state index contributed by atoms with van der Waals surface area (Å²) in [6, 6.07) is 0. The minimum atomic E-state index is -4.53. The second-order valence-corrected chi connectivity index (χ2v) is 4.54. The van der Waals surface area contributed by atoms with Gasteiger partial charge in [0.25, 0.3) is 0 Å². The van der Waals surface area contributed by atoms with Gasteiger partial charge in [-0.15, -0.1) is 0 Å². The van der Waals surface area contributed by atoms with Crippen LogP contribution in [0, 0.1) is 0 Å². The molecule has 15 heavy (non-hydrogen) atoms. The third-order valence-corrected chi connectivity index (χ3v) is 2.09. The highest BCUT2D eigenvalue weighted by atomic mass is 28.4. The zero-order valence-electron chi connectivity index (χ0n) is 8.77. The Hall–Kier alpha value is -0.733. The lowest BCUT2D eigenvalue weighted by Crippen LogP contribution is -2.42. The van der Waals surface area contributed by atoms with E-state index in [0.717, 1.165) is 0 Å². The van der Waals surface area contributed by atoms with Gasteiger partial charge in [-0.1, -0.05) is 13.5 Å². The first kappa shape index (κ1) is 14.3. The average molecular weight is 236 g/mol. The van der Waals surface area contributed by atoms with Crippen molar-refractivity contribution in [2.45, 2.75) is 26.4 Å². The fourth-order valence-corrected chi connectivity index (χ4v) is 1.10. The van der Waals surface area contributed by atoms with E-state index in [-0.39, 0.29) is 12.2 Å². The van der Waals surface area contributed by atoms with Crippen molar-refractivity contribution >= 4 is 15.0 Å². The Morgan fingerprint density at radius 3 is 2.33 bits per heavy atom. The second-order valence-electron chi connectivity index (χ2n) is 3.10. The van der Waals surface area contributed by atoms with E-state index in [1.54, 1.807) is 6.92 Å². The molecule has 88 valence electrons. The molecule has 6 nitrogen and oxygen atoms in total. The number of esters is 1. The molecule has 0 spiro atoms. The molecular formula is C8H16O6Si. The summed E-state index contributed by atoms with van der Waals surface area (Å²) in [5.74, 6) is -0.577. The number of hydrogen-bond donors (Lipinski definition) is 3. The summed E-state index contributed by atoms with van der Waals surface area (Å²) in [6.07, 6.45) is -0.198. The Labute approximate surface area is 89.2 Å². The van der Waals surface area contributed by atoms with Crippen LogP contribution < -0.4 is 0 Å². The van der Waals surface area contributed by atoms with E-state index in [0.29, 0.717) is 6.42 Å². The van der Waals surface area contributed by atoms with Gasteiger partial charge in [0.15, 0.2) is 0 Å². The van der Waals surface area contributed by atoms with Crippen LogP contribution in [0.4, 0.5) is 0 Å². The number of carbonyl (C=O) groups is 1. The van der Waals surface area contributed by atoms with Crippen molar-refractivity contribution in [2.75, 3.05) is 6.61 Å². The normalized spacial score (nSPS) is 13.4. The van der Waals surface area contributed by atoms with Gasteiger partial charge in [0.05, 0.1) is 6.61 Å². The molecular weight excluding hydrogens is 220 g/mol. The maximum absolute atomic E-state index is 11.1. The summed E-state index contributed by atoms with van der Waals surface area (Å²) in [5.41, 5.74) is 0.244. The lowest BCUT2D eigenvalue weighted by molar-refractivity contribution is -0.147. The first-order valence-corrected chi connectivity index (χ1v) is 6.18. The summed E-state index contributed by atoms with van der Waals surface area (Å²) in [4.78, 5) is 36.8. The van der Waals surface area contributed by atoms with Crippen LogP contribution in [-0.4, -0.2) is 42.1 Å². The van der Waals surface area contributed by atoms with Gasteiger partial charge in [0.1, 0.15) is 6.10 Å². The molecule has 0 fully saturated rings. The Bertz CT molecular complexity index is 234. The third-order valence-electron chi connectivity index (χ3n) is 1.54. The van der Waals surface area contributed by atoms with Crippen LogP contribution in [0.3, 0.4) is 0 Å². The van der Waals surface area contributed by atoms with Gasteiger partial charge < -0.3 is 23.5 Å². The van der Waals surface area contributed by atoms with Crippen LogP contribution in [0.5, 0.6) is 0 Å². The SMILES string of the molecule is C=C(C)C(=O)OC(CC)CO[Si](O)(O)O. The molecule has 0 bridgehead atoms. The smallest absolute Gasteiger partial charge is 0.457 e. The Balaban J connectivity index is 4.04. The van der Waals surface area contributed by atoms with Crippen molar-refractivity contribution in [1.82, 2.24) is 0 Å². The van der Waals surface area contributed by atoms with Gasteiger partial charge in [-0.3, -0.25) is 0 Å². The van der Waals surface area contributed by atoms with E-state index in [1.807, 2.05) is 0 Å². The van der Waals surface area contributed by atoms with Crippen molar-refractivity contribution in [3.8, 4) is 0 Å². The van der Waals surface area contributed by atoms with E-state index in [1.165, 1.54) is 6.92 Å². The molecule has 0 amide bonds. The van der Waals surface area contributed by atoms with E-state index >= 15 is 0 Å². The number of ether oxygens (including phenoxy) is 1. The monoisotopic (exact) mass is 236 g/mol. The quantitative estimate of drug-likeness (QED) is 0.321. The first-order valence-electron chi connectivity index (χ1n) is 4.43. The van der Waals surface area contributed by atoms with Crippen molar-refractivity contribution in [1.29, 1.82) is 0 Å². The molecule has 0 aromatic heterocycles. The molecule has 0 saturated heterocycles. The van der Waals surface area contributed by atoms with Crippen LogP contribution in [0.1, 0.15) is 20.3 Å². The number of rotatable bonds is 6. The summed E-state index contributed by atoms with van der Waals surface area (Å²) in [6.45, 7) is 6.37. The highest BCUT2D eigenvalue weighted by Gasteiger charge is 2.32. The van der Waals surface area contributed by atoms with E-state index in [9.17, 15) is 4.79 Å². The van der Waals surface area contributed by atoms with Gasteiger partial charge in [-0.25, -0.2) is 4.79 Å². The molecule has 3 N–H and O–H groups in total. The van der Waals surface area contributed by atoms with Gasteiger partial charge in [-0.2, -0.15) is 0 Å². The van der Waals surface area contributed by atoms with E-state index in [4.69, 9.17) is 19.1 Å². The fraction of sp³-hybridized carbons (Fsp3) is 0.625. The van der Waals surface area contributed by atoms with Crippen molar-refractivity contribution in [3.05, 3.63) is 12.2 Å². The van der Waals surface area contributed by atoms with Gasteiger partial charge >= 0.3 is 15.0 Å². The topological polar surface area (TPSA) is 96.2 Å². The summed E-state index contributed by atoms with van der Waals surface area (Å²) >= 11 is 0.